The van der Waals surface area contributed by atoms with E-state index in [0.717, 1.165) is 57.8 Å². The molecule has 0 aliphatic carbocycles. The second-order valence-corrected chi connectivity index (χ2v) is 8.37. The number of thiazole rings is 1. The van der Waals surface area contributed by atoms with Gasteiger partial charge in [0, 0.05) is 23.5 Å². The predicted octanol–water partition coefficient (Wildman–Crippen LogP) is 4.04. The molecule has 142 valence electrons. The number of benzene rings is 1. The van der Waals surface area contributed by atoms with E-state index in [1.807, 2.05) is 12.4 Å². The van der Waals surface area contributed by atoms with Crippen LogP contribution < -0.4 is 11.1 Å². The summed E-state index contributed by atoms with van der Waals surface area (Å²) < 4.78 is 3.25. The maximum absolute atomic E-state index is 6.20. The monoisotopic (exact) mass is 390 g/mol. The number of fused-ring (bicyclic) bond motifs is 1. The molecule has 1 fully saturated rings. The minimum Gasteiger partial charge on any atom is -0.383 e. The Kier molecular flexibility index (Phi) is 4.33. The van der Waals surface area contributed by atoms with Crippen molar-refractivity contribution in [3.8, 4) is 21.7 Å². The Morgan fingerprint density at radius 3 is 2.86 bits per heavy atom. The second-order valence-electron chi connectivity index (χ2n) is 7.34. The molecule has 1 aliphatic rings. The molecule has 1 aromatic carbocycles. The fraction of sp³-hybridized carbons (Fsp3) is 0.286. The van der Waals surface area contributed by atoms with Gasteiger partial charge in [0.1, 0.15) is 10.8 Å². The van der Waals surface area contributed by atoms with Crippen LogP contribution in [0.2, 0.25) is 0 Å². The van der Waals surface area contributed by atoms with Crippen molar-refractivity contribution >= 4 is 27.4 Å². The first kappa shape index (κ1) is 17.3. The van der Waals surface area contributed by atoms with Crippen LogP contribution in [0.25, 0.3) is 31.9 Å². The summed E-state index contributed by atoms with van der Waals surface area (Å²) >= 11 is 1.65. The molecule has 3 aromatic heterocycles. The fourth-order valence-electron chi connectivity index (χ4n) is 3.72. The van der Waals surface area contributed by atoms with Crippen LogP contribution in [0.3, 0.4) is 0 Å². The third-order valence-electron chi connectivity index (χ3n) is 5.31. The standard InChI is InChI=1S/C21H22N6S/c1-13-2-3-19-18(8-13)26-21(28-19)17-9-14(10-24-20(17)22)15-11-25-27(12-15)16-4-6-23-7-5-16/h2-3,8-12,16,23H,4-7H2,1H3,(H2,22,24). The highest BCUT2D eigenvalue weighted by Crippen LogP contribution is 2.35. The lowest BCUT2D eigenvalue weighted by Gasteiger charge is -2.22. The van der Waals surface area contributed by atoms with Crippen LogP contribution in [-0.2, 0) is 0 Å². The Balaban J connectivity index is 1.51. The molecule has 0 radical (unpaired) electrons. The van der Waals surface area contributed by atoms with E-state index in [1.165, 1.54) is 5.56 Å². The van der Waals surface area contributed by atoms with Crippen molar-refractivity contribution < 1.29 is 0 Å². The third-order valence-corrected chi connectivity index (χ3v) is 6.38. The van der Waals surface area contributed by atoms with E-state index in [1.54, 1.807) is 11.3 Å². The smallest absolute Gasteiger partial charge is 0.133 e. The van der Waals surface area contributed by atoms with Gasteiger partial charge in [-0.2, -0.15) is 5.10 Å². The van der Waals surface area contributed by atoms with Crippen molar-refractivity contribution in [1.82, 2.24) is 25.1 Å². The van der Waals surface area contributed by atoms with Gasteiger partial charge in [0.15, 0.2) is 0 Å². The van der Waals surface area contributed by atoms with E-state index < -0.39 is 0 Å². The molecule has 4 aromatic rings. The largest absolute Gasteiger partial charge is 0.383 e. The van der Waals surface area contributed by atoms with Crippen LogP contribution in [0.1, 0.15) is 24.4 Å². The number of anilines is 1. The number of piperidine rings is 1. The number of aromatic nitrogens is 4. The minimum atomic E-state index is 0.462. The molecule has 3 N–H and O–H groups in total. The molecule has 0 spiro atoms. The lowest BCUT2D eigenvalue weighted by Crippen LogP contribution is -2.29. The van der Waals surface area contributed by atoms with Crippen molar-refractivity contribution in [3.05, 3.63) is 48.4 Å². The zero-order valence-corrected chi connectivity index (χ0v) is 16.5. The molecule has 5 rings (SSSR count). The zero-order valence-electron chi connectivity index (χ0n) is 15.7. The molecule has 0 bridgehead atoms. The van der Waals surface area contributed by atoms with Gasteiger partial charge in [-0.1, -0.05) is 6.07 Å². The van der Waals surface area contributed by atoms with Gasteiger partial charge < -0.3 is 11.1 Å². The molecule has 0 unspecified atom stereocenters. The Labute approximate surface area is 167 Å². The Hall–Kier alpha value is -2.77. The molecular weight excluding hydrogens is 368 g/mol. The normalized spacial score (nSPS) is 15.3. The summed E-state index contributed by atoms with van der Waals surface area (Å²) in [5.41, 5.74) is 11.4. The lowest BCUT2D eigenvalue weighted by molar-refractivity contribution is 0.343. The van der Waals surface area contributed by atoms with Gasteiger partial charge >= 0.3 is 0 Å². The average molecular weight is 391 g/mol. The highest BCUT2D eigenvalue weighted by Gasteiger charge is 2.17. The van der Waals surface area contributed by atoms with Crippen molar-refractivity contribution in [2.24, 2.45) is 0 Å². The third kappa shape index (κ3) is 3.16. The molecule has 1 saturated heterocycles. The highest BCUT2D eigenvalue weighted by atomic mass is 32.1. The summed E-state index contributed by atoms with van der Waals surface area (Å²) in [5, 5.41) is 8.90. The average Bonchev–Trinajstić information content (AvgIpc) is 3.36. The number of pyridine rings is 1. The van der Waals surface area contributed by atoms with Crippen LogP contribution >= 0.6 is 11.3 Å². The quantitative estimate of drug-likeness (QED) is 0.552. The fourth-order valence-corrected chi connectivity index (χ4v) is 4.69. The number of nitrogens with two attached hydrogens (primary N) is 1. The summed E-state index contributed by atoms with van der Waals surface area (Å²) in [5.74, 6) is 0.505. The maximum atomic E-state index is 6.20. The van der Waals surface area contributed by atoms with E-state index in [0.29, 0.717) is 11.9 Å². The van der Waals surface area contributed by atoms with Crippen molar-refractivity contribution in [2.45, 2.75) is 25.8 Å². The number of aryl methyl sites for hydroxylation is 1. The molecule has 0 amide bonds. The summed E-state index contributed by atoms with van der Waals surface area (Å²) in [4.78, 5) is 9.23. The molecule has 28 heavy (non-hydrogen) atoms. The zero-order chi connectivity index (χ0) is 19.1. The van der Waals surface area contributed by atoms with Crippen molar-refractivity contribution in [3.63, 3.8) is 0 Å². The van der Waals surface area contributed by atoms with Crippen molar-refractivity contribution in [1.29, 1.82) is 0 Å². The molecule has 4 heterocycles. The Morgan fingerprint density at radius 2 is 2.00 bits per heavy atom. The topological polar surface area (TPSA) is 81.7 Å². The highest BCUT2D eigenvalue weighted by molar-refractivity contribution is 7.21. The Bertz CT molecular complexity index is 1140. The second kappa shape index (κ2) is 7.00. The molecule has 7 heteroatoms. The van der Waals surface area contributed by atoms with E-state index >= 15 is 0 Å². The molecule has 0 atom stereocenters. The number of hydrogen-bond donors (Lipinski definition) is 2. The van der Waals surface area contributed by atoms with Gasteiger partial charge in [-0.05, 0) is 56.6 Å². The SMILES string of the molecule is Cc1ccc2sc(-c3cc(-c4cnn(C5CCNCC5)c4)cnc3N)nc2c1. The molecule has 0 saturated carbocycles. The van der Waals surface area contributed by atoms with E-state index in [2.05, 4.69) is 57.5 Å². The van der Waals surface area contributed by atoms with E-state index in [-0.39, 0.29) is 0 Å². The number of nitrogens with zero attached hydrogens (tertiary/aromatic N) is 4. The van der Waals surface area contributed by atoms with Gasteiger partial charge in [0.25, 0.3) is 0 Å². The first-order chi connectivity index (χ1) is 13.7. The molecular formula is C21H22N6S. The van der Waals surface area contributed by atoms with Crippen molar-refractivity contribution in [2.75, 3.05) is 18.8 Å². The maximum Gasteiger partial charge on any atom is 0.133 e. The number of nitrogens with one attached hydrogen (secondary N) is 1. The first-order valence-electron chi connectivity index (χ1n) is 9.56. The van der Waals surface area contributed by atoms with Crippen LogP contribution in [0.15, 0.2) is 42.9 Å². The van der Waals surface area contributed by atoms with Gasteiger partial charge in [0.2, 0.25) is 0 Å². The van der Waals surface area contributed by atoms with Crippen LogP contribution in [0.5, 0.6) is 0 Å². The Morgan fingerprint density at radius 1 is 1.14 bits per heavy atom. The molecule has 6 nitrogen and oxygen atoms in total. The lowest BCUT2D eigenvalue weighted by atomic mass is 10.1. The van der Waals surface area contributed by atoms with Gasteiger partial charge in [-0.3, -0.25) is 4.68 Å². The van der Waals surface area contributed by atoms with Crippen LogP contribution in [-0.4, -0.2) is 32.8 Å². The van der Waals surface area contributed by atoms with Gasteiger partial charge in [-0.15, -0.1) is 11.3 Å². The summed E-state index contributed by atoms with van der Waals surface area (Å²) in [7, 11) is 0. The van der Waals surface area contributed by atoms with E-state index in [9.17, 15) is 0 Å². The predicted molar refractivity (Wildman–Crippen MR) is 114 cm³/mol. The van der Waals surface area contributed by atoms with E-state index in [4.69, 9.17) is 10.7 Å². The first-order valence-corrected chi connectivity index (χ1v) is 10.4. The van der Waals surface area contributed by atoms with Gasteiger partial charge in [-0.25, -0.2) is 9.97 Å². The number of rotatable bonds is 3. The summed E-state index contributed by atoms with van der Waals surface area (Å²) in [6.45, 7) is 4.17. The molecule has 1 aliphatic heterocycles. The number of nitrogen functional groups attached to an aromatic ring is 1. The summed E-state index contributed by atoms with van der Waals surface area (Å²) in [6.07, 6.45) is 8.07. The number of hydrogen-bond acceptors (Lipinski definition) is 6. The van der Waals surface area contributed by atoms with Crippen LogP contribution in [0.4, 0.5) is 5.82 Å². The summed E-state index contributed by atoms with van der Waals surface area (Å²) in [6, 6.07) is 8.87. The minimum absolute atomic E-state index is 0.462. The van der Waals surface area contributed by atoms with Gasteiger partial charge in [0.05, 0.1) is 28.0 Å². The van der Waals surface area contributed by atoms with Crippen LogP contribution in [0, 0.1) is 6.92 Å².